The summed E-state index contributed by atoms with van der Waals surface area (Å²) in [6.07, 6.45) is 0. The number of nitrogens with one attached hydrogen (secondary N) is 1. The van der Waals surface area contributed by atoms with E-state index in [0.717, 1.165) is 26.2 Å². The lowest BCUT2D eigenvalue weighted by Gasteiger charge is -2.22. The molecule has 2 heterocycles. The highest BCUT2D eigenvalue weighted by Gasteiger charge is 2.28. The maximum Gasteiger partial charge on any atom is 0.252 e. The number of pyridine rings is 1. The molecule has 0 aliphatic rings. The minimum Gasteiger partial charge on any atom is -0.321 e. The third kappa shape index (κ3) is 3.94. The standard InChI is InChI=1S/C22H19FN2O3S2/c1-15-6-4-7-16-12-17(22(26)24-21(15)16)13-25(14-18-8-5-11-29-18)30(27,28)20-10-3-2-9-19(20)23/h2-12H,13-14H2,1H3,(H,24,26). The van der Waals surface area contributed by atoms with Crippen molar-refractivity contribution in [1.82, 2.24) is 9.29 Å². The van der Waals surface area contributed by atoms with Crippen LogP contribution in [0.2, 0.25) is 0 Å². The molecule has 0 spiro atoms. The normalized spacial score (nSPS) is 12.0. The Hall–Kier alpha value is -2.81. The molecule has 2 aromatic heterocycles. The van der Waals surface area contributed by atoms with Crippen molar-refractivity contribution in [1.29, 1.82) is 0 Å². The Bertz CT molecular complexity index is 1360. The number of hydrogen-bond donors (Lipinski definition) is 1. The average molecular weight is 443 g/mol. The number of aromatic amines is 1. The topological polar surface area (TPSA) is 70.2 Å². The summed E-state index contributed by atoms with van der Waals surface area (Å²) < 4.78 is 42.0. The highest BCUT2D eigenvalue weighted by atomic mass is 32.2. The fourth-order valence-electron chi connectivity index (χ4n) is 3.33. The van der Waals surface area contributed by atoms with E-state index >= 15 is 0 Å². The van der Waals surface area contributed by atoms with Gasteiger partial charge < -0.3 is 4.98 Å². The second-order valence-corrected chi connectivity index (χ2v) is 9.88. The zero-order chi connectivity index (χ0) is 21.3. The molecule has 0 fully saturated rings. The Morgan fingerprint density at radius 2 is 1.83 bits per heavy atom. The number of sulfonamides is 1. The van der Waals surface area contributed by atoms with E-state index in [0.29, 0.717) is 11.1 Å². The molecule has 0 amide bonds. The van der Waals surface area contributed by atoms with E-state index in [2.05, 4.69) is 4.98 Å². The number of aromatic nitrogens is 1. The van der Waals surface area contributed by atoms with Crippen LogP contribution in [0.1, 0.15) is 16.0 Å². The quantitative estimate of drug-likeness (QED) is 0.480. The number of para-hydroxylation sites is 1. The molecule has 0 aliphatic heterocycles. The first-order valence-corrected chi connectivity index (χ1v) is 11.6. The van der Waals surface area contributed by atoms with Crippen LogP contribution in [-0.2, 0) is 23.1 Å². The van der Waals surface area contributed by atoms with Crippen molar-refractivity contribution in [2.24, 2.45) is 0 Å². The first-order chi connectivity index (χ1) is 14.4. The van der Waals surface area contributed by atoms with Gasteiger partial charge in [0, 0.05) is 23.5 Å². The number of halogens is 1. The van der Waals surface area contributed by atoms with Crippen LogP contribution in [-0.4, -0.2) is 17.7 Å². The number of rotatable bonds is 6. The molecule has 2 aromatic carbocycles. The van der Waals surface area contributed by atoms with Crippen LogP contribution < -0.4 is 5.56 Å². The monoisotopic (exact) mass is 442 g/mol. The smallest absolute Gasteiger partial charge is 0.252 e. The van der Waals surface area contributed by atoms with Crippen LogP contribution in [0, 0.1) is 12.7 Å². The van der Waals surface area contributed by atoms with Gasteiger partial charge in [0.25, 0.3) is 5.56 Å². The lowest BCUT2D eigenvalue weighted by Crippen LogP contribution is -2.32. The van der Waals surface area contributed by atoms with Crippen LogP contribution >= 0.6 is 11.3 Å². The van der Waals surface area contributed by atoms with Gasteiger partial charge in [-0.2, -0.15) is 4.31 Å². The Balaban J connectivity index is 1.80. The number of H-pyrrole nitrogens is 1. The molecule has 8 heteroatoms. The zero-order valence-corrected chi connectivity index (χ0v) is 17.8. The van der Waals surface area contributed by atoms with Gasteiger partial charge >= 0.3 is 0 Å². The minimum absolute atomic E-state index is 0.0413. The summed E-state index contributed by atoms with van der Waals surface area (Å²) in [6.45, 7) is 1.76. The summed E-state index contributed by atoms with van der Waals surface area (Å²) >= 11 is 1.40. The maximum atomic E-state index is 14.3. The lowest BCUT2D eigenvalue weighted by atomic mass is 10.1. The third-order valence-corrected chi connectivity index (χ3v) is 7.56. The zero-order valence-electron chi connectivity index (χ0n) is 16.1. The first kappa shape index (κ1) is 20.5. The van der Waals surface area contributed by atoms with Gasteiger partial charge in [-0.1, -0.05) is 36.4 Å². The molecular weight excluding hydrogens is 423 g/mol. The first-order valence-electron chi connectivity index (χ1n) is 9.25. The van der Waals surface area contributed by atoms with E-state index in [4.69, 9.17) is 0 Å². The predicted molar refractivity (Wildman–Crippen MR) is 116 cm³/mol. The molecule has 0 aliphatic carbocycles. The average Bonchev–Trinajstić information content (AvgIpc) is 3.22. The molecule has 0 saturated carbocycles. The number of benzene rings is 2. The molecule has 0 radical (unpaired) electrons. The van der Waals surface area contributed by atoms with Crippen molar-refractivity contribution >= 4 is 32.3 Å². The molecule has 5 nitrogen and oxygen atoms in total. The summed E-state index contributed by atoms with van der Waals surface area (Å²) in [4.78, 5) is 15.9. The van der Waals surface area contributed by atoms with Crippen molar-refractivity contribution in [2.75, 3.05) is 0 Å². The number of fused-ring (bicyclic) bond motifs is 1. The van der Waals surface area contributed by atoms with Crippen LogP contribution in [0.3, 0.4) is 0 Å². The minimum atomic E-state index is -4.17. The highest BCUT2D eigenvalue weighted by Crippen LogP contribution is 2.25. The van der Waals surface area contributed by atoms with Gasteiger partial charge in [0.2, 0.25) is 10.0 Å². The molecule has 0 atom stereocenters. The number of thiophene rings is 1. The number of nitrogens with zero attached hydrogens (tertiary/aromatic N) is 1. The Morgan fingerprint density at radius 1 is 1.03 bits per heavy atom. The predicted octanol–water partition coefficient (Wildman–Crippen LogP) is 4.43. The summed E-state index contributed by atoms with van der Waals surface area (Å²) in [6, 6.07) is 16.2. The molecule has 0 bridgehead atoms. The van der Waals surface area contributed by atoms with Crippen LogP contribution in [0.15, 0.2) is 75.7 Å². The summed E-state index contributed by atoms with van der Waals surface area (Å²) in [7, 11) is -4.17. The van der Waals surface area contributed by atoms with E-state index in [9.17, 15) is 17.6 Å². The molecule has 4 aromatic rings. The molecular formula is C22H19FN2O3S2. The summed E-state index contributed by atoms with van der Waals surface area (Å²) in [5.41, 5.74) is 1.57. The van der Waals surface area contributed by atoms with Crippen molar-refractivity contribution in [3.63, 3.8) is 0 Å². The lowest BCUT2D eigenvalue weighted by molar-refractivity contribution is 0.399. The van der Waals surface area contributed by atoms with Gasteiger partial charge in [-0.3, -0.25) is 4.79 Å². The maximum absolute atomic E-state index is 14.3. The molecule has 30 heavy (non-hydrogen) atoms. The molecule has 154 valence electrons. The van der Waals surface area contributed by atoms with Crippen molar-refractivity contribution in [3.8, 4) is 0 Å². The molecule has 0 saturated heterocycles. The van der Waals surface area contributed by atoms with Gasteiger partial charge in [-0.05, 0) is 47.5 Å². The van der Waals surface area contributed by atoms with Crippen LogP contribution in [0.4, 0.5) is 4.39 Å². The molecule has 1 N–H and O–H groups in total. The molecule has 4 rings (SSSR count). The van der Waals surface area contributed by atoms with Crippen molar-refractivity contribution in [2.45, 2.75) is 24.9 Å². The van der Waals surface area contributed by atoms with Gasteiger partial charge in [0.15, 0.2) is 0 Å². The Kier molecular flexibility index (Phi) is 5.55. The van der Waals surface area contributed by atoms with E-state index in [1.807, 2.05) is 42.6 Å². The van der Waals surface area contributed by atoms with E-state index < -0.39 is 20.7 Å². The largest absolute Gasteiger partial charge is 0.321 e. The van der Waals surface area contributed by atoms with E-state index in [1.54, 1.807) is 6.07 Å². The van der Waals surface area contributed by atoms with Gasteiger partial charge in [0.05, 0.1) is 5.52 Å². The Labute approximate surface area is 177 Å². The second kappa shape index (κ2) is 8.14. The van der Waals surface area contributed by atoms with Crippen LogP contribution in [0.25, 0.3) is 10.9 Å². The van der Waals surface area contributed by atoms with Crippen LogP contribution in [0.5, 0.6) is 0 Å². The van der Waals surface area contributed by atoms with E-state index in [-0.39, 0.29) is 18.6 Å². The fraction of sp³-hybridized carbons (Fsp3) is 0.136. The number of hydrogen-bond acceptors (Lipinski definition) is 4. The van der Waals surface area contributed by atoms with Crippen molar-refractivity contribution in [3.05, 3.63) is 98.2 Å². The fourth-order valence-corrected chi connectivity index (χ4v) is 5.59. The second-order valence-electron chi connectivity index (χ2n) is 6.95. The van der Waals surface area contributed by atoms with Gasteiger partial charge in [-0.15, -0.1) is 11.3 Å². The Morgan fingerprint density at radius 3 is 2.57 bits per heavy atom. The third-order valence-electron chi connectivity index (χ3n) is 4.88. The SMILES string of the molecule is Cc1cccc2cc(CN(Cc3cccs3)S(=O)(=O)c3ccccc3F)c(=O)[nH]c12. The summed E-state index contributed by atoms with van der Waals surface area (Å²) in [5.74, 6) is -0.822. The van der Waals surface area contributed by atoms with Crippen molar-refractivity contribution < 1.29 is 12.8 Å². The number of aryl methyl sites for hydroxylation is 1. The van der Waals surface area contributed by atoms with Gasteiger partial charge in [0.1, 0.15) is 10.7 Å². The summed E-state index contributed by atoms with van der Waals surface area (Å²) in [5, 5.41) is 2.65. The van der Waals surface area contributed by atoms with Gasteiger partial charge in [-0.25, -0.2) is 12.8 Å². The molecule has 0 unspecified atom stereocenters. The highest BCUT2D eigenvalue weighted by molar-refractivity contribution is 7.89. The van der Waals surface area contributed by atoms with E-state index in [1.165, 1.54) is 29.5 Å².